The molecular formula is C22H20N4O5S. The van der Waals surface area contributed by atoms with Gasteiger partial charge in [0.1, 0.15) is 11.6 Å². The number of amides is 1. The second-order valence-electron chi connectivity index (χ2n) is 7.01. The quantitative estimate of drug-likeness (QED) is 0.551. The maximum Gasteiger partial charge on any atom is 0.263 e. The highest BCUT2D eigenvalue weighted by Crippen LogP contribution is 2.32. The number of ether oxygens (including phenoxy) is 2. The lowest BCUT2D eigenvalue weighted by molar-refractivity contribution is -0.111. The van der Waals surface area contributed by atoms with Crippen molar-refractivity contribution in [3.8, 4) is 11.5 Å². The van der Waals surface area contributed by atoms with E-state index in [4.69, 9.17) is 9.47 Å². The lowest BCUT2D eigenvalue weighted by Crippen LogP contribution is -2.15. The third-order valence-corrected chi connectivity index (χ3v) is 5.83. The first-order chi connectivity index (χ1) is 15.3. The van der Waals surface area contributed by atoms with Gasteiger partial charge in [-0.2, -0.15) is 0 Å². The molecule has 164 valence electrons. The number of nitrogens with zero attached hydrogens (tertiary/aromatic N) is 2. The monoisotopic (exact) mass is 452 g/mol. The van der Waals surface area contributed by atoms with Gasteiger partial charge < -0.3 is 14.8 Å². The minimum atomic E-state index is -3.83. The van der Waals surface area contributed by atoms with Gasteiger partial charge in [-0.3, -0.25) is 9.52 Å². The van der Waals surface area contributed by atoms with Gasteiger partial charge in [0.15, 0.2) is 11.5 Å². The number of nitrogens with one attached hydrogen (secondary N) is 2. The van der Waals surface area contributed by atoms with Crippen LogP contribution in [0.5, 0.6) is 11.5 Å². The number of hydrogen-bond donors (Lipinski definition) is 2. The Balaban J connectivity index is 1.40. The largest absolute Gasteiger partial charge is 0.454 e. The lowest BCUT2D eigenvalue weighted by atomic mass is 10.2. The Kier molecular flexibility index (Phi) is 5.78. The van der Waals surface area contributed by atoms with E-state index in [2.05, 4.69) is 20.0 Å². The van der Waals surface area contributed by atoms with Gasteiger partial charge in [-0.05, 0) is 61.9 Å². The van der Waals surface area contributed by atoms with Crippen LogP contribution >= 0.6 is 0 Å². The summed E-state index contributed by atoms with van der Waals surface area (Å²) in [6.45, 7) is 3.62. The van der Waals surface area contributed by atoms with Crippen LogP contribution in [0, 0.1) is 13.8 Å². The third kappa shape index (κ3) is 5.03. The Hall–Kier alpha value is -3.92. The minimum absolute atomic E-state index is 0.0420. The molecule has 4 rings (SSSR count). The molecule has 3 aromatic rings. The number of rotatable bonds is 6. The van der Waals surface area contributed by atoms with Crippen LogP contribution in [-0.2, 0) is 14.8 Å². The molecule has 9 nitrogen and oxygen atoms in total. The molecule has 0 atom stereocenters. The van der Waals surface area contributed by atoms with E-state index in [0.717, 1.165) is 5.56 Å². The van der Waals surface area contributed by atoms with Crippen molar-refractivity contribution >= 4 is 33.5 Å². The smallest absolute Gasteiger partial charge is 0.263 e. The van der Waals surface area contributed by atoms with E-state index in [1.165, 1.54) is 30.3 Å². The van der Waals surface area contributed by atoms with Crippen molar-refractivity contribution in [2.75, 3.05) is 16.8 Å². The van der Waals surface area contributed by atoms with Crippen LogP contribution in [0.25, 0.3) is 6.08 Å². The first-order valence-electron chi connectivity index (χ1n) is 9.62. The number of hydrogen-bond acceptors (Lipinski definition) is 7. The van der Waals surface area contributed by atoms with Gasteiger partial charge in [-0.25, -0.2) is 18.4 Å². The standard InChI is InChI=1S/C22H20N4O5S/c1-14-11-21(24-15(2)23-14)26-32(28,29)18-7-5-17(6-8-18)25-22(27)10-4-16-3-9-19-20(12-16)31-13-30-19/h3-12H,13H2,1-2H3,(H,25,27)(H,23,24,26). The molecule has 1 aliphatic heterocycles. The number of fused-ring (bicyclic) bond motifs is 1. The van der Waals surface area contributed by atoms with Gasteiger partial charge in [-0.15, -0.1) is 0 Å². The number of aromatic nitrogens is 2. The van der Waals surface area contributed by atoms with E-state index in [0.29, 0.717) is 28.7 Å². The Morgan fingerprint density at radius 1 is 1.00 bits per heavy atom. The van der Waals surface area contributed by atoms with E-state index in [9.17, 15) is 13.2 Å². The molecule has 2 aromatic carbocycles. The van der Waals surface area contributed by atoms with Crippen LogP contribution in [0.1, 0.15) is 17.1 Å². The molecule has 0 radical (unpaired) electrons. The van der Waals surface area contributed by atoms with Crippen LogP contribution in [0.4, 0.5) is 11.5 Å². The molecule has 2 heterocycles. The molecule has 0 fully saturated rings. The van der Waals surface area contributed by atoms with Crippen molar-refractivity contribution < 1.29 is 22.7 Å². The van der Waals surface area contributed by atoms with Crippen molar-refractivity contribution in [2.45, 2.75) is 18.7 Å². The number of anilines is 2. The molecular weight excluding hydrogens is 432 g/mol. The highest BCUT2D eigenvalue weighted by atomic mass is 32.2. The molecule has 2 N–H and O–H groups in total. The van der Waals surface area contributed by atoms with Gasteiger partial charge >= 0.3 is 0 Å². The summed E-state index contributed by atoms with van der Waals surface area (Å²) in [6.07, 6.45) is 3.02. The van der Waals surface area contributed by atoms with E-state index in [1.807, 2.05) is 6.07 Å². The molecule has 32 heavy (non-hydrogen) atoms. The fourth-order valence-corrected chi connectivity index (χ4v) is 4.05. The van der Waals surface area contributed by atoms with E-state index >= 15 is 0 Å². The van der Waals surface area contributed by atoms with Crippen LogP contribution in [-0.4, -0.2) is 31.1 Å². The van der Waals surface area contributed by atoms with E-state index in [-0.39, 0.29) is 23.4 Å². The van der Waals surface area contributed by atoms with E-state index < -0.39 is 10.0 Å². The predicted octanol–water partition coefficient (Wildman–Crippen LogP) is 3.27. The van der Waals surface area contributed by atoms with E-state index in [1.54, 1.807) is 38.1 Å². The summed E-state index contributed by atoms with van der Waals surface area (Å²) in [6, 6.07) is 12.7. The molecule has 10 heteroatoms. The van der Waals surface area contributed by atoms with Gasteiger partial charge in [-0.1, -0.05) is 6.07 Å². The van der Waals surface area contributed by atoms with Crippen molar-refractivity contribution in [1.82, 2.24) is 9.97 Å². The summed E-state index contributed by atoms with van der Waals surface area (Å²) in [5, 5.41) is 2.69. The summed E-state index contributed by atoms with van der Waals surface area (Å²) >= 11 is 0. The van der Waals surface area contributed by atoms with Crippen molar-refractivity contribution in [3.63, 3.8) is 0 Å². The Bertz CT molecular complexity index is 1280. The van der Waals surface area contributed by atoms with Gasteiger partial charge in [0.05, 0.1) is 4.90 Å². The molecule has 0 saturated heterocycles. The lowest BCUT2D eigenvalue weighted by Gasteiger charge is -2.09. The van der Waals surface area contributed by atoms with Gasteiger partial charge in [0, 0.05) is 23.5 Å². The average Bonchev–Trinajstić information content (AvgIpc) is 3.19. The van der Waals surface area contributed by atoms with Gasteiger partial charge in [0.25, 0.3) is 10.0 Å². The van der Waals surface area contributed by atoms with Crippen molar-refractivity contribution in [2.24, 2.45) is 0 Å². The summed E-state index contributed by atoms with van der Waals surface area (Å²) in [4.78, 5) is 20.5. The summed E-state index contributed by atoms with van der Waals surface area (Å²) < 4.78 is 38.2. The zero-order valence-corrected chi connectivity index (χ0v) is 18.1. The number of carbonyl (C=O) groups excluding carboxylic acids is 1. The fourth-order valence-electron chi connectivity index (χ4n) is 3.06. The number of aryl methyl sites for hydroxylation is 2. The summed E-state index contributed by atoms with van der Waals surface area (Å²) in [5.41, 5.74) is 1.90. The minimum Gasteiger partial charge on any atom is -0.454 e. The van der Waals surface area contributed by atoms with Crippen LogP contribution in [0.15, 0.2) is 59.5 Å². The molecule has 1 aromatic heterocycles. The first kappa shape index (κ1) is 21.3. The van der Waals surface area contributed by atoms with Crippen LogP contribution in [0.2, 0.25) is 0 Å². The topological polar surface area (TPSA) is 120 Å². The Morgan fingerprint density at radius 3 is 2.50 bits per heavy atom. The first-order valence-corrected chi connectivity index (χ1v) is 11.1. The zero-order chi connectivity index (χ0) is 22.7. The maximum absolute atomic E-state index is 12.6. The average molecular weight is 452 g/mol. The predicted molar refractivity (Wildman–Crippen MR) is 119 cm³/mol. The number of benzene rings is 2. The second-order valence-corrected chi connectivity index (χ2v) is 8.69. The van der Waals surface area contributed by atoms with Crippen molar-refractivity contribution in [1.29, 1.82) is 0 Å². The summed E-state index contributed by atoms with van der Waals surface area (Å²) in [5.74, 6) is 1.60. The number of sulfonamides is 1. The molecule has 0 unspecified atom stereocenters. The van der Waals surface area contributed by atoms with Crippen LogP contribution < -0.4 is 19.5 Å². The summed E-state index contributed by atoms with van der Waals surface area (Å²) in [7, 11) is -3.83. The Labute approximate surface area is 185 Å². The molecule has 0 saturated carbocycles. The highest BCUT2D eigenvalue weighted by Gasteiger charge is 2.16. The van der Waals surface area contributed by atoms with Crippen molar-refractivity contribution in [3.05, 3.63) is 71.7 Å². The molecule has 1 amide bonds. The zero-order valence-electron chi connectivity index (χ0n) is 17.3. The molecule has 0 spiro atoms. The third-order valence-electron chi connectivity index (χ3n) is 4.46. The normalized spacial score (nSPS) is 12.7. The van der Waals surface area contributed by atoms with Crippen LogP contribution in [0.3, 0.4) is 0 Å². The maximum atomic E-state index is 12.6. The Morgan fingerprint density at radius 2 is 1.75 bits per heavy atom. The number of carbonyl (C=O) groups is 1. The van der Waals surface area contributed by atoms with Gasteiger partial charge in [0.2, 0.25) is 12.7 Å². The highest BCUT2D eigenvalue weighted by molar-refractivity contribution is 7.92. The molecule has 0 bridgehead atoms. The molecule has 1 aliphatic rings. The second kappa shape index (κ2) is 8.67. The fraction of sp³-hybridized carbons (Fsp3) is 0.136. The SMILES string of the molecule is Cc1cc(NS(=O)(=O)c2ccc(NC(=O)C=Cc3ccc4c(c3)OCO4)cc2)nc(C)n1. The molecule has 0 aliphatic carbocycles.